The molecule has 0 unspecified atom stereocenters. The quantitative estimate of drug-likeness (QED) is 0.540. The Bertz CT molecular complexity index is 1130. The highest BCUT2D eigenvalue weighted by Gasteiger charge is 2.12. The number of aryl methyl sites for hydroxylation is 3. The second-order valence-electron chi connectivity index (χ2n) is 7.03. The Morgan fingerprint density at radius 2 is 1.79 bits per heavy atom. The van der Waals surface area contributed by atoms with Crippen LogP contribution in [0.15, 0.2) is 73.1 Å². The predicted molar refractivity (Wildman–Crippen MR) is 114 cm³/mol. The normalized spacial score (nSPS) is 10.8. The van der Waals surface area contributed by atoms with Crippen LogP contribution < -0.4 is 5.32 Å². The summed E-state index contributed by atoms with van der Waals surface area (Å²) in [6, 6.07) is 19.7. The molecular formula is C23H23N5O. The fourth-order valence-corrected chi connectivity index (χ4v) is 3.32. The molecule has 6 heteroatoms. The molecular weight excluding hydrogens is 362 g/mol. The van der Waals surface area contributed by atoms with E-state index < -0.39 is 0 Å². The Morgan fingerprint density at radius 3 is 2.55 bits per heavy atom. The predicted octanol–water partition coefficient (Wildman–Crippen LogP) is 4.25. The fraction of sp³-hybridized carbons (Fsp3) is 0.174. The number of nitrogens with zero attached hydrogens (tertiary/aromatic N) is 4. The van der Waals surface area contributed by atoms with Gasteiger partial charge in [-0.05, 0) is 56.2 Å². The number of anilines is 1. The summed E-state index contributed by atoms with van der Waals surface area (Å²) in [5, 5.41) is 11.9. The van der Waals surface area contributed by atoms with Gasteiger partial charge in [0.1, 0.15) is 0 Å². The molecule has 0 saturated heterocycles. The zero-order chi connectivity index (χ0) is 20.2. The SMILES string of the molecule is Cc1cc(C)n(-c2ccccc2NC(=O)CCc2cnn(-c3ccccc3)c2)n1. The Morgan fingerprint density at radius 1 is 1.03 bits per heavy atom. The summed E-state index contributed by atoms with van der Waals surface area (Å²) in [5.74, 6) is -0.0357. The van der Waals surface area contributed by atoms with E-state index in [-0.39, 0.29) is 5.91 Å². The third-order valence-electron chi connectivity index (χ3n) is 4.71. The first-order valence-corrected chi connectivity index (χ1v) is 9.61. The van der Waals surface area contributed by atoms with E-state index in [0.29, 0.717) is 12.8 Å². The summed E-state index contributed by atoms with van der Waals surface area (Å²) >= 11 is 0. The lowest BCUT2D eigenvalue weighted by atomic mass is 10.2. The number of benzene rings is 2. The zero-order valence-electron chi connectivity index (χ0n) is 16.5. The minimum Gasteiger partial charge on any atom is -0.324 e. The molecule has 146 valence electrons. The summed E-state index contributed by atoms with van der Waals surface area (Å²) in [4.78, 5) is 12.6. The maximum absolute atomic E-state index is 12.6. The lowest BCUT2D eigenvalue weighted by Crippen LogP contribution is -2.14. The molecule has 29 heavy (non-hydrogen) atoms. The van der Waals surface area contributed by atoms with Crippen molar-refractivity contribution in [2.75, 3.05) is 5.32 Å². The van der Waals surface area contributed by atoms with Crippen molar-refractivity contribution in [3.63, 3.8) is 0 Å². The van der Waals surface area contributed by atoms with E-state index in [1.54, 1.807) is 0 Å². The highest BCUT2D eigenvalue weighted by atomic mass is 16.1. The first-order valence-electron chi connectivity index (χ1n) is 9.61. The Labute approximate surface area is 169 Å². The maximum Gasteiger partial charge on any atom is 0.224 e. The second-order valence-corrected chi connectivity index (χ2v) is 7.03. The van der Waals surface area contributed by atoms with Gasteiger partial charge in [0.2, 0.25) is 5.91 Å². The van der Waals surface area contributed by atoms with E-state index in [4.69, 9.17) is 0 Å². The highest BCUT2D eigenvalue weighted by Crippen LogP contribution is 2.22. The van der Waals surface area contributed by atoms with Crippen LogP contribution in [0.1, 0.15) is 23.4 Å². The van der Waals surface area contributed by atoms with E-state index >= 15 is 0 Å². The molecule has 4 rings (SSSR count). The van der Waals surface area contributed by atoms with E-state index in [0.717, 1.165) is 34.0 Å². The smallest absolute Gasteiger partial charge is 0.224 e. The van der Waals surface area contributed by atoms with Crippen molar-refractivity contribution in [3.05, 3.63) is 90.0 Å². The van der Waals surface area contributed by atoms with Crippen LogP contribution in [0.4, 0.5) is 5.69 Å². The summed E-state index contributed by atoms with van der Waals surface area (Å²) in [7, 11) is 0. The Balaban J connectivity index is 1.42. The molecule has 4 aromatic rings. The third kappa shape index (κ3) is 4.27. The minimum absolute atomic E-state index is 0.0357. The average molecular weight is 385 g/mol. The molecule has 0 aliphatic heterocycles. The van der Waals surface area contributed by atoms with E-state index in [1.165, 1.54) is 0 Å². The maximum atomic E-state index is 12.6. The van der Waals surface area contributed by atoms with Crippen molar-refractivity contribution >= 4 is 11.6 Å². The Hall–Kier alpha value is -3.67. The number of carbonyl (C=O) groups is 1. The fourth-order valence-electron chi connectivity index (χ4n) is 3.32. The van der Waals surface area contributed by atoms with Crippen LogP contribution in [0.25, 0.3) is 11.4 Å². The van der Waals surface area contributed by atoms with Gasteiger partial charge in [-0.3, -0.25) is 4.79 Å². The van der Waals surface area contributed by atoms with Crippen LogP contribution in [0.2, 0.25) is 0 Å². The van der Waals surface area contributed by atoms with Crippen molar-refractivity contribution in [1.29, 1.82) is 0 Å². The van der Waals surface area contributed by atoms with Gasteiger partial charge in [-0.2, -0.15) is 10.2 Å². The van der Waals surface area contributed by atoms with Gasteiger partial charge < -0.3 is 5.32 Å². The van der Waals surface area contributed by atoms with Gasteiger partial charge in [-0.15, -0.1) is 0 Å². The van der Waals surface area contributed by atoms with Crippen LogP contribution in [0, 0.1) is 13.8 Å². The van der Waals surface area contributed by atoms with Crippen molar-refractivity contribution in [2.45, 2.75) is 26.7 Å². The number of rotatable bonds is 6. The molecule has 0 saturated carbocycles. The zero-order valence-corrected chi connectivity index (χ0v) is 16.5. The van der Waals surface area contributed by atoms with Gasteiger partial charge in [-0.1, -0.05) is 30.3 Å². The van der Waals surface area contributed by atoms with Gasteiger partial charge in [0.05, 0.1) is 29.0 Å². The van der Waals surface area contributed by atoms with E-state index in [1.807, 2.05) is 96.3 Å². The standard InChI is InChI=1S/C23H23N5O/c1-17-14-18(2)28(26-17)22-11-7-6-10-21(22)25-23(29)13-12-19-15-24-27(16-19)20-8-4-3-5-9-20/h3-11,14-16H,12-13H2,1-2H3,(H,25,29). The molecule has 0 aliphatic carbocycles. The molecule has 0 bridgehead atoms. The van der Waals surface area contributed by atoms with Gasteiger partial charge in [-0.25, -0.2) is 9.36 Å². The van der Waals surface area contributed by atoms with Gasteiger partial charge in [0, 0.05) is 18.3 Å². The van der Waals surface area contributed by atoms with Gasteiger partial charge in [0.25, 0.3) is 0 Å². The molecule has 2 heterocycles. The molecule has 0 radical (unpaired) electrons. The average Bonchev–Trinajstić information content (AvgIpc) is 3.33. The lowest BCUT2D eigenvalue weighted by molar-refractivity contribution is -0.116. The number of aromatic nitrogens is 4. The van der Waals surface area contributed by atoms with Crippen LogP contribution >= 0.6 is 0 Å². The molecule has 1 amide bonds. The molecule has 2 aromatic heterocycles. The van der Waals surface area contributed by atoms with Crippen LogP contribution in [-0.4, -0.2) is 25.5 Å². The third-order valence-corrected chi connectivity index (χ3v) is 4.71. The topological polar surface area (TPSA) is 64.7 Å². The van der Waals surface area contributed by atoms with Crippen molar-refractivity contribution in [1.82, 2.24) is 19.6 Å². The molecule has 0 spiro atoms. The number of amides is 1. The number of para-hydroxylation sites is 3. The van der Waals surface area contributed by atoms with Crippen molar-refractivity contribution in [2.24, 2.45) is 0 Å². The number of carbonyl (C=O) groups excluding carboxylic acids is 1. The van der Waals surface area contributed by atoms with Crippen LogP contribution in [0.3, 0.4) is 0 Å². The summed E-state index contributed by atoms with van der Waals surface area (Å²) < 4.78 is 3.68. The van der Waals surface area contributed by atoms with Crippen molar-refractivity contribution in [3.8, 4) is 11.4 Å². The summed E-state index contributed by atoms with van der Waals surface area (Å²) in [6.45, 7) is 3.96. The summed E-state index contributed by atoms with van der Waals surface area (Å²) in [5.41, 5.74) is 5.61. The van der Waals surface area contributed by atoms with Crippen molar-refractivity contribution < 1.29 is 4.79 Å². The Kier molecular flexibility index (Phi) is 5.24. The molecule has 0 atom stereocenters. The first-order chi connectivity index (χ1) is 14.1. The van der Waals surface area contributed by atoms with E-state index in [2.05, 4.69) is 15.5 Å². The van der Waals surface area contributed by atoms with Crippen LogP contribution in [0.5, 0.6) is 0 Å². The largest absolute Gasteiger partial charge is 0.324 e. The van der Waals surface area contributed by atoms with E-state index in [9.17, 15) is 4.79 Å². The van der Waals surface area contributed by atoms with Crippen LogP contribution in [-0.2, 0) is 11.2 Å². The molecule has 0 aliphatic rings. The second kappa shape index (κ2) is 8.14. The molecule has 2 aromatic carbocycles. The molecule has 6 nitrogen and oxygen atoms in total. The molecule has 0 fully saturated rings. The lowest BCUT2D eigenvalue weighted by Gasteiger charge is -2.12. The van der Waals surface area contributed by atoms with Gasteiger partial charge in [0.15, 0.2) is 0 Å². The highest BCUT2D eigenvalue weighted by molar-refractivity contribution is 5.92. The monoisotopic (exact) mass is 385 g/mol. The number of hydrogen-bond donors (Lipinski definition) is 1. The minimum atomic E-state index is -0.0357. The first kappa shape index (κ1) is 18.7. The summed E-state index contributed by atoms with van der Waals surface area (Å²) in [6.07, 6.45) is 4.78. The van der Waals surface area contributed by atoms with Gasteiger partial charge >= 0.3 is 0 Å². The molecule has 1 N–H and O–H groups in total. The number of nitrogens with one attached hydrogen (secondary N) is 1. The number of hydrogen-bond acceptors (Lipinski definition) is 3.